The Morgan fingerprint density at radius 3 is 2.10 bits per heavy atom. The molecule has 0 saturated heterocycles. The molecule has 0 aliphatic heterocycles. The van der Waals surface area contributed by atoms with E-state index in [-0.39, 0.29) is 0 Å². The normalized spacial score (nSPS) is 12.8. The molecule has 1 aliphatic rings. The van der Waals surface area contributed by atoms with Gasteiger partial charge in [0, 0.05) is 46.4 Å². The standard InChI is InChI=1S/C44H29N3S2/c1-26-23-32(25-39-40(26)35-21-19-29-11-5-6-12-33(29)41(35)49-39)44-46-42(30-17-15-28(16-18-30)27-9-3-2-4-10-27)45-43(47-44)31-20-22-38-36(24-31)34-13-7-8-14-37(34)48-38/h2-6,8-12,14-25H,7,13H2,1H3. The Kier molecular flexibility index (Phi) is 6.58. The predicted molar refractivity (Wildman–Crippen MR) is 209 cm³/mol. The van der Waals surface area contributed by atoms with E-state index in [0.29, 0.717) is 17.5 Å². The van der Waals surface area contributed by atoms with Crippen molar-refractivity contribution in [1.82, 2.24) is 15.0 Å². The van der Waals surface area contributed by atoms with Gasteiger partial charge in [0.05, 0.1) is 0 Å². The van der Waals surface area contributed by atoms with Crippen LogP contribution >= 0.6 is 22.7 Å². The van der Waals surface area contributed by atoms with Gasteiger partial charge in [-0.05, 0) is 94.6 Å². The van der Waals surface area contributed by atoms with Crippen molar-refractivity contribution < 1.29 is 0 Å². The number of rotatable bonds is 4. The van der Waals surface area contributed by atoms with Crippen molar-refractivity contribution in [3.63, 3.8) is 0 Å². The van der Waals surface area contributed by atoms with Crippen molar-refractivity contribution in [1.29, 1.82) is 0 Å². The maximum absolute atomic E-state index is 5.19. The molecular weight excluding hydrogens is 635 g/mol. The number of fused-ring (bicyclic) bond motifs is 8. The Morgan fingerprint density at radius 1 is 0.531 bits per heavy atom. The van der Waals surface area contributed by atoms with E-state index in [1.807, 2.05) is 28.7 Å². The first kappa shape index (κ1) is 28.5. The topological polar surface area (TPSA) is 38.7 Å². The molecular formula is C44H29N3S2. The number of hydrogen-bond acceptors (Lipinski definition) is 5. The third-order valence-corrected chi connectivity index (χ3v) is 12.1. The van der Waals surface area contributed by atoms with Crippen LogP contribution < -0.4 is 0 Å². The maximum Gasteiger partial charge on any atom is 0.164 e. The summed E-state index contributed by atoms with van der Waals surface area (Å²) in [6.07, 6.45) is 6.71. The van der Waals surface area contributed by atoms with Gasteiger partial charge in [-0.25, -0.2) is 15.0 Å². The summed E-state index contributed by atoms with van der Waals surface area (Å²) in [5, 5.41) is 6.49. The fraction of sp³-hybridized carbons (Fsp3) is 0.0682. The summed E-state index contributed by atoms with van der Waals surface area (Å²) >= 11 is 3.72. The van der Waals surface area contributed by atoms with E-state index in [9.17, 15) is 0 Å². The molecule has 5 heteroatoms. The third-order valence-electron chi connectivity index (χ3n) is 9.71. The van der Waals surface area contributed by atoms with Gasteiger partial charge in [0.25, 0.3) is 0 Å². The quantitative estimate of drug-likeness (QED) is 0.188. The van der Waals surface area contributed by atoms with Crippen LogP contribution in [0.4, 0.5) is 0 Å². The van der Waals surface area contributed by atoms with E-state index in [4.69, 9.17) is 15.0 Å². The SMILES string of the molecule is Cc1cc(-c2nc(-c3ccc(-c4ccccc4)cc3)nc(-c3ccc4sc5c(c4c3)CCC=C5)n2)cc2sc3c4ccccc4ccc3c12. The molecule has 3 heterocycles. The molecule has 0 spiro atoms. The average molecular weight is 664 g/mol. The minimum atomic E-state index is 0.676. The number of thiophene rings is 2. The molecule has 6 aromatic carbocycles. The summed E-state index contributed by atoms with van der Waals surface area (Å²) < 4.78 is 3.88. The summed E-state index contributed by atoms with van der Waals surface area (Å²) in [6, 6.07) is 43.4. The average Bonchev–Trinajstić information content (AvgIpc) is 3.74. The molecule has 0 fully saturated rings. The van der Waals surface area contributed by atoms with Crippen molar-refractivity contribution in [2.24, 2.45) is 0 Å². The fourth-order valence-corrected chi connectivity index (χ4v) is 9.81. The number of hydrogen-bond donors (Lipinski definition) is 0. The highest BCUT2D eigenvalue weighted by molar-refractivity contribution is 7.26. The van der Waals surface area contributed by atoms with Crippen LogP contribution in [0.15, 0.2) is 127 Å². The molecule has 3 nitrogen and oxygen atoms in total. The number of aryl methyl sites for hydroxylation is 2. The summed E-state index contributed by atoms with van der Waals surface area (Å²) in [6.45, 7) is 2.21. The fourth-order valence-electron chi connectivity index (χ4n) is 7.29. The van der Waals surface area contributed by atoms with Gasteiger partial charge >= 0.3 is 0 Å². The highest BCUT2D eigenvalue weighted by atomic mass is 32.1. The minimum Gasteiger partial charge on any atom is -0.208 e. The molecule has 232 valence electrons. The van der Waals surface area contributed by atoms with Crippen molar-refractivity contribution in [2.45, 2.75) is 19.8 Å². The zero-order valence-electron chi connectivity index (χ0n) is 26.8. The van der Waals surface area contributed by atoms with Crippen molar-refractivity contribution in [2.75, 3.05) is 0 Å². The second kappa shape index (κ2) is 11.3. The van der Waals surface area contributed by atoms with Crippen LogP contribution in [0.25, 0.3) is 92.4 Å². The van der Waals surface area contributed by atoms with Gasteiger partial charge < -0.3 is 0 Å². The van der Waals surface area contributed by atoms with E-state index >= 15 is 0 Å². The number of aromatic nitrogens is 3. The zero-order valence-corrected chi connectivity index (χ0v) is 28.4. The molecule has 0 amide bonds. The second-order valence-corrected chi connectivity index (χ2v) is 14.9. The third kappa shape index (κ3) is 4.80. The Morgan fingerprint density at radius 2 is 1.24 bits per heavy atom. The van der Waals surface area contributed by atoms with E-state index in [1.165, 1.54) is 68.2 Å². The molecule has 0 bridgehead atoms. The van der Waals surface area contributed by atoms with E-state index in [1.54, 1.807) is 0 Å². The van der Waals surface area contributed by atoms with Crippen molar-refractivity contribution in [3.8, 4) is 45.3 Å². The van der Waals surface area contributed by atoms with Crippen LogP contribution in [0, 0.1) is 6.92 Å². The van der Waals surface area contributed by atoms with Crippen molar-refractivity contribution in [3.05, 3.63) is 143 Å². The molecule has 10 rings (SSSR count). The van der Waals surface area contributed by atoms with Crippen LogP contribution in [-0.4, -0.2) is 15.0 Å². The van der Waals surface area contributed by atoms with Crippen LogP contribution in [-0.2, 0) is 6.42 Å². The monoisotopic (exact) mass is 663 g/mol. The van der Waals surface area contributed by atoms with Gasteiger partial charge in [0.15, 0.2) is 17.5 Å². The summed E-state index contributed by atoms with van der Waals surface area (Å²) in [5.74, 6) is 2.06. The highest BCUT2D eigenvalue weighted by Gasteiger charge is 2.18. The Bertz CT molecular complexity index is 2770. The Labute approximate surface area is 291 Å². The molecule has 3 aromatic heterocycles. The summed E-state index contributed by atoms with van der Waals surface area (Å²) in [4.78, 5) is 16.8. The van der Waals surface area contributed by atoms with Gasteiger partial charge in [0.2, 0.25) is 0 Å². The first-order chi connectivity index (χ1) is 24.2. The van der Waals surface area contributed by atoms with E-state index in [2.05, 4.69) is 134 Å². The minimum absolute atomic E-state index is 0.676. The number of allylic oxidation sites excluding steroid dienone is 1. The Balaban J connectivity index is 1.16. The molecule has 0 saturated carbocycles. The van der Waals surface area contributed by atoms with Gasteiger partial charge in [-0.1, -0.05) is 97.1 Å². The van der Waals surface area contributed by atoms with E-state index in [0.717, 1.165) is 29.5 Å². The molecule has 49 heavy (non-hydrogen) atoms. The molecule has 0 unspecified atom stereocenters. The lowest BCUT2D eigenvalue weighted by Crippen LogP contribution is -2.00. The summed E-state index contributed by atoms with van der Waals surface area (Å²) in [5.41, 5.74) is 8.00. The van der Waals surface area contributed by atoms with Gasteiger partial charge in [-0.2, -0.15) is 0 Å². The lowest BCUT2D eigenvalue weighted by Gasteiger charge is -2.11. The van der Waals surface area contributed by atoms with Gasteiger partial charge in [-0.15, -0.1) is 22.7 Å². The van der Waals surface area contributed by atoms with Crippen LogP contribution in [0.3, 0.4) is 0 Å². The highest BCUT2D eigenvalue weighted by Crippen LogP contribution is 2.42. The Hall–Kier alpha value is -5.49. The van der Waals surface area contributed by atoms with Crippen LogP contribution in [0.2, 0.25) is 0 Å². The van der Waals surface area contributed by atoms with Gasteiger partial charge in [-0.3, -0.25) is 0 Å². The first-order valence-corrected chi connectivity index (χ1v) is 18.3. The lowest BCUT2D eigenvalue weighted by molar-refractivity contribution is 1.01. The second-order valence-electron chi connectivity index (χ2n) is 12.8. The van der Waals surface area contributed by atoms with Gasteiger partial charge in [0.1, 0.15) is 0 Å². The number of benzene rings is 6. The smallest absolute Gasteiger partial charge is 0.164 e. The lowest BCUT2D eigenvalue weighted by atomic mass is 10.00. The van der Waals surface area contributed by atoms with Crippen LogP contribution in [0.1, 0.15) is 22.4 Å². The molecule has 1 aliphatic carbocycles. The zero-order chi connectivity index (χ0) is 32.5. The van der Waals surface area contributed by atoms with E-state index < -0.39 is 0 Å². The largest absolute Gasteiger partial charge is 0.208 e. The molecule has 0 radical (unpaired) electrons. The summed E-state index contributed by atoms with van der Waals surface area (Å²) in [7, 11) is 0. The number of nitrogens with zero attached hydrogens (tertiary/aromatic N) is 3. The predicted octanol–water partition coefficient (Wildman–Crippen LogP) is 12.5. The molecule has 0 atom stereocenters. The van der Waals surface area contributed by atoms with Crippen molar-refractivity contribution >= 4 is 69.8 Å². The maximum atomic E-state index is 5.19. The van der Waals surface area contributed by atoms with Crippen LogP contribution in [0.5, 0.6) is 0 Å². The molecule has 0 N–H and O–H groups in total. The first-order valence-electron chi connectivity index (χ1n) is 16.7. The molecule has 9 aromatic rings.